The summed E-state index contributed by atoms with van der Waals surface area (Å²) in [5.74, 6) is 0. The monoisotopic (exact) mass is 202 g/mol. The molecule has 0 aromatic carbocycles. The van der Waals surface area contributed by atoms with Crippen LogP contribution in [0, 0.1) is 0 Å². The van der Waals surface area contributed by atoms with Gasteiger partial charge >= 0.3 is 39.2 Å². The van der Waals surface area contributed by atoms with Crippen molar-refractivity contribution in [3.63, 3.8) is 0 Å². The van der Waals surface area contributed by atoms with E-state index in [1.54, 1.807) is 0 Å². The van der Waals surface area contributed by atoms with E-state index in [0.717, 1.165) is 0 Å². The van der Waals surface area contributed by atoms with Crippen molar-refractivity contribution in [3.8, 4) is 0 Å². The topological polar surface area (TPSA) is 103 Å². The van der Waals surface area contributed by atoms with Gasteiger partial charge in [0.2, 0.25) is 0 Å². The van der Waals surface area contributed by atoms with Crippen LogP contribution in [0.4, 0.5) is 0 Å². The van der Waals surface area contributed by atoms with E-state index in [0.29, 0.717) is 0 Å². The third-order valence-corrected chi connectivity index (χ3v) is 0. The molecule has 8 heteroatoms. The molecule has 8 heavy (non-hydrogen) atoms. The second-order valence-corrected chi connectivity index (χ2v) is 1.34. The van der Waals surface area contributed by atoms with E-state index in [9.17, 15) is 0 Å². The normalized spacial score (nSPS) is 8.12. The Balaban J connectivity index is -0.0000000750. The van der Waals surface area contributed by atoms with Crippen LogP contribution in [-0.4, -0.2) is 17.4 Å². The zero-order valence-corrected chi connectivity index (χ0v) is 8.79. The molecule has 0 bridgehead atoms. The Labute approximate surface area is 66.4 Å². The molecule has 0 atom stereocenters. The van der Waals surface area contributed by atoms with E-state index in [-0.39, 0.29) is 35.6 Å². The van der Waals surface area contributed by atoms with Gasteiger partial charge < -0.3 is 19.2 Å². The predicted molar refractivity (Wildman–Crippen MR) is 14.0 cm³/mol. The first-order valence-electron chi connectivity index (χ1n) is 1.02. The van der Waals surface area contributed by atoms with Gasteiger partial charge in [-0.1, -0.05) is 0 Å². The molecule has 0 aliphatic carbocycles. The summed E-state index contributed by atoms with van der Waals surface area (Å²) in [7, 11) is -5.39. The number of phosphoric acid groups is 1. The molecule has 0 rings (SSSR count). The van der Waals surface area contributed by atoms with Gasteiger partial charge in [-0.3, -0.25) is 0 Å². The molecule has 0 spiro atoms. The van der Waals surface area contributed by atoms with Crippen molar-refractivity contribution in [2.75, 3.05) is 0 Å². The molecule has 0 saturated heterocycles. The Hall–Kier alpha value is 1.07. The summed E-state index contributed by atoms with van der Waals surface area (Å²) < 4.78 is 16.9. The number of hydrogen-bond donors (Lipinski definition) is 0. The van der Waals surface area contributed by atoms with Gasteiger partial charge in [0.05, 0.1) is 0 Å². The third-order valence-electron chi connectivity index (χ3n) is 0. The SMILES string of the molecule is O=P([O-])([O-])[O-].[Al+3].[O]=[Zn]. The molecule has 0 aliphatic heterocycles. The average Bonchev–Trinajstić information content (AvgIpc) is 1.36. The predicted octanol–water partition coefficient (Wildman–Crippen LogP) is -3.33. The Morgan fingerprint density at radius 2 is 1.12 bits per heavy atom. The molecular formula is AlO5PZn. The molecule has 0 fully saturated rings. The van der Waals surface area contributed by atoms with Crippen LogP contribution in [0.15, 0.2) is 0 Å². The Morgan fingerprint density at radius 1 is 1.12 bits per heavy atom. The van der Waals surface area contributed by atoms with E-state index in [1.807, 2.05) is 0 Å². The average molecular weight is 203 g/mol. The molecule has 0 amide bonds. The van der Waals surface area contributed by atoms with Crippen molar-refractivity contribution in [1.82, 2.24) is 0 Å². The van der Waals surface area contributed by atoms with E-state index in [1.165, 1.54) is 0 Å². The molecule has 0 aliphatic rings. The minimum atomic E-state index is -5.39. The Kier molecular flexibility index (Phi) is 16.2. The van der Waals surface area contributed by atoms with Crippen molar-refractivity contribution in [2.45, 2.75) is 0 Å². The summed E-state index contributed by atoms with van der Waals surface area (Å²) in [6, 6.07) is 0. The third kappa shape index (κ3) is 229. The molecule has 0 aromatic rings. The fourth-order valence-corrected chi connectivity index (χ4v) is 0. The fourth-order valence-electron chi connectivity index (χ4n) is 0. The fraction of sp³-hybridized carbons (Fsp3) is 0. The van der Waals surface area contributed by atoms with Crippen LogP contribution < -0.4 is 14.7 Å². The van der Waals surface area contributed by atoms with Crippen LogP contribution in [0.5, 0.6) is 0 Å². The van der Waals surface area contributed by atoms with Crippen molar-refractivity contribution in [2.24, 2.45) is 0 Å². The van der Waals surface area contributed by atoms with E-state index in [2.05, 4.69) is 0 Å². The molecule has 0 radical (unpaired) electrons. The molecule has 0 unspecified atom stereocenters. The molecule has 0 heterocycles. The summed E-state index contributed by atoms with van der Waals surface area (Å²) in [5, 5.41) is 0. The molecule has 0 aromatic heterocycles. The second kappa shape index (κ2) is 8.07. The maximum atomic E-state index is 8.55. The summed E-state index contributed by atoms with van der Waals surface area (Å²) in [5.41, 5.74) is 0. The maximum absolute atomic E-state index is 8.55. The molecule has 40 valence electrons. The van der Waals surface area contributed by atoms with E-state index in [4.69, 9.17) is 22.8 Å². The first-order chi connectivity index (χ1) is 3.00. The van der Waals surface area contributed by atoms with Crippen LogP contribution in [0.1, 0.15) is 0 Å². The van der Waals surface area contributed by atoms with Crippen LogP contribution in [0.2, 0.25) is 0 Å². The Morgan fingerprint density at radius 3 is 1.12 bits per heavy atom. The van der Waals surface area contributed by atoms with E-state index >= 15 is 0 Å². The van der Waals surface area contributed by atoms with Crippen molar-refractivity contribution in [3.05, 3.63) is 0 Å². The molecule has 5 nitrogen and oxygen atoms in total. The van der Waals surface area contributed by atoms with Gasteiger partial charge in [-0.05, 0) is 0 Å². The molecular weight excluding hydrogens is 203 g/mol. The summed E-state index contributed by atoms with van der Waals surface area (Å²) in [6.45, 7) is 0. The Bertz CT molecular complexity index is 68.2. The summed E-state index contributed by atoms with van der Waals surface area (Å²) in [4.78, 5) is 25.6. The van der Waals surface area contributed by atoms with Gasteiger partial charge in [-0.25, -0.2) is 0 Å². The zero-order chi connectivity index (χ0) is 6.50. The van der Waals surface area contributed by atoms with Crippen LogP contribution in [0.25, 0.3) is 0 Å². The first kappa shape index (κ1) is 16.0. The van der Waals surface area contributed by atoms with Crippen molar-refractivity contribution < 1.29 is 41.1 Å². The van der Waals surface area contributed by atoms with Gasteiger partial charge in [0, 0.05) is 0 Å². The number of hydrogen-bond acceptors (Lipinski definition) is 5. The van der Waals surface area contributed by atoms with Crippen molar-refractivity contribution >= 4 is 25.2 Å². The zero-order valence-electron chi connectivity index (χ0n) is 3.77. The summed E-state index contributed by atoms with van der Waals surface area (Å²) in [6.07, 6.45) is 0. The van der Waals surface area contributed by atoms with Gasteiger partial charge in [0.1, 0.15) is 0 Å². The van der Waals surface area contributed by atoms with Gasteiger partial charge in [0.25, 0.3) is 0 Å². The molecule has 0 saturated carbocycles. The second-order valence-electron chi connectivity index (χ2n) is 0.447. The van der Waals surface area contributed by atoms with Crippen LogP contribution in [-0.2, 0) is 26.4 Å². The minimum absolute atomic E-state index is 0. The van der Waals surface area contributed by atoms with Gasteiger partial charge in [-0.15, -0.1) is 0 Å². The number of rotatable bonds is 0. The first-order valence-corrected chi connectivity index (χ1v) is 3.69. The molecule has 0 N–H and O–H groups in total. The van der Waals surface area contributed by atoms with Crippen LogP contribution >= 0.6 is 7.82 Å². The van der Waals surface area contributed by atoms with Crippen LogP contribution in [0.3, 0.4) is 0 Å². The quantitative estimate of drug-likeness (QED) is 0.303. The van der Waals surface area contributed by atoms with Gasteiger partial charge in [0.15, 0.2) is 0 Å². The van der Waals surface area contributed by atoms with E-state index < -0.39 is 7.82 Å². The van der Waals surface area contributed by atoms with Crippen molar-refractivity contribution in [1.29, 1.82) is 0 Å². The summed E-state index contributed by atoms with van der Waals surface area (Å²) >= 11 is 0.125. The standard InChI is InChI=1S/Al.H3O4P.O.Zn/c;1-5(2,3)4;;/h;(H3,1,2,3,4);;/q+3;;;/p-3. The van der Waals surface area contributed by atoms with Gasteiger partial charge in [-0.2, -0.15) is 7.82 Å².